The SMILES string of the molecule is COC=O.Clc1ccccc1Cl. The molecule has 0 saturated carbocycles. The fourth-order valence-electron chi connectivity index (χ4n) is 0.439. The van der Waals surface area contributed by atoms with E-state index in [0.29, 0.717) is 16.5 Å². The summed E-state index contributed by atoms with van der Waals surface area (Å²) in [6, 6.07) is 7.19. The van der Waals surface area contributed by atoms with E-state index in [1.54, 1.807) is 12.1 Å². The molecule has 0 radical (unpaired) electrons. The summed E-state index contributed by atoms with van der Waals surface area (Å²) < 4.78 is 3.86. The average Bonchev–Trinajstić information content (AvgIpc) is 2.11. The molecule has 0 spiro atoms. The van der Waals surface area contributed by atoms with E-state index >= 15 is 0 Å². The summed E-state index contributed by atoms with van der Waals surface area (Å²) in [6.45, 7) is 0.375. The molecule has 0 amide bonds. The van der Waals surface area contributed by atoms with Gasteiger partial charge < -0.3 is 4.74 Å². The van der Waals surface area contributed by atoms with Crippen LogP contribution in [0.15, 0.2) is 24.3 Å². The Bertz CT molecular complexity index is 217. The van der Waals surface area contributed by atoms with Crippen LogP contribution in [0.3, 0.4) is 0 Å². The number of methoxy groups -OCH3 is 1. The van der Waals surface area contributed by atoms with Gasteiger partial charge in [0, 0.05) is 0 Å². The Morgan fingerprint density at radius 3 is 1.75 bits per heavy atom. The summed E-state index contributed by atoms with van der Waals surface area (Å²) in [4.78, 5) is 8.95. The number of hydrogen-bond acceptors (Lipinski definition) is 2. The van der Waals surface area contributed by atoms with Crippen LogP contribution in [0.2, 0.25) is 10.0 Å². The highest BCUT2D eigenvalue weighted by Crippen LogP contribution is 2.19. The molecular weight excluding hydrogens is 199 g/mol. The van der Waals surface area contributed by atoms with Crippen molar-refractivity contribution in [1.29, 1.82) is 0 Å². The van der Waals surface area contributed by atoms with Crippen LogP contribution in [-0.4, -0.2) is 13.6 Å². The molecule has 0 heterocycles. The van der Waals surface area contributed by atoms with Crippen molar-refractivity contribution in [1.82, 2.24) is 0 Å². The molecule has 0 aromatic heterocycles. The van der Waals surface area contributed by atoms with E-state index in [4.69, 9.17) is 28.0 Å². The van der Waals surface area contributed by atoms with Crippen molar-refractivity contribution in [3.05, 3.63) is 34.3 Å². The summed E-state index contributed by atoms with van der Waals surface area (Å²) in [6.07, 6.45) is 0. The quantitative estimate of drug-likeness (QED) is 0.661. The van der Waals surface area contributed by atoms with Crippen molar-refractivity contribution >= 4 is 29.7 Å². The van der Waals surface area contributed by atoms with Gasteiger partial charge in [-0.25, -0.2) is 0 Å². The van der Waals surface area contributed by atoms with Gasteiger partial charge in [0.15, 0.2) is 0 Å². The van der Waals surface area contributed by atoms with E-state index in [-0.39, 0.29) is 0 Å². The lowest BCUT2D eigenvalue weighted by atomic mass is 10.4. The molecule has 0 unspecified atom stereocenters. The van der Waals surface area contributed by atoms with E-state index in [1.807, 2.05) is 12.1 Å². The van der Waals surface area contributed by atoms with Gasteiger partial charge in [0.25, 0.3) is 6.47 Å². The minimum absolute atomic E-state index is 0.375. The summed E-state index contributed by atoms with van der Waals surface area (Å²) in [5.74, 6) is 0. The number of halogens is 2. The van der Waals surface area contributed by atoms with Gasteiger partial charge in [-0.15, -0.1) is 0 Å². The summed E-state index contributed by atoms with van der Waals surface area (Å²) in [5, 5.41) is 1.21. The minimum Gasteiger partial charge on any atom is -0.471 e. The van der Waals surface area contributed by atoms with Crippen molar-refractivity contribution in [2.75, 3.05) is 7.11 Å². The van der Waals surface area contributed by atoms with Gasteiger partial charge >= 0.3 is 0 Å². The van der Waals surface area contributed by atoms with Crippen molar-refractivity contribution in [2.24, 2.45) is 0 Å². The number of hydrogen-bond donors (Lipinski definition) is 0. The molecule has 0 N–H and O–H groups in total. The molecule has 0 atom stereocenters. The Morgan fingerprint density at radius 1 is 1.25 bits per heavy atom. The standard InChI is InChI=1S/C6H4Cl2.C2H4O2/c7-5-3-1-2-4-6(5)8;1-4-2-3/h1-4H;2H,1H3. The van der Waals surface area contributed by atoms with Crippen LogP contribution in [0.4, 0.5) is 0 Å². The normalized spacial score (nSPS) is 7.92. The van der Waals surface area contributed by atoms with Crippen molar-refractivity contribution < 1.29 is 9.53 Å². The third-order valence-electron chi connectivity index (χ3n) is 0.921. The highest BCUT2D eigenvalue weighted by atomic mass is 35.5. The lowest BCUT2D eigenvalue weighted by Gasteiger charge is -1.88. The lowest BCUT2D eigenvalue weighted by molar-refractivity contribution is -0.126. The van der Waals surface area contributed by atoms with Gasteiger partial charge in [-0.1, -0.05) is 35.3 Å². The lowest BCUT2D eigenvalue weighted by Crippen LogP contribution is -1.68. The van der Waals surface area contributed by atoms with E-state index in [1.165, 1.54) is 7.11 Å². The van der Waals surface area contributed by atoms with Crippen LogP contribution in [-0.2, 0) is 9.53 Å². The first kappa shape index (κ1) is 11.3. The monoisotopic (exact) mass is 206 g/mol. The first-order chi connectivity index (χ1) is 5.72. The maximum absolute atomic E-state index is 8.95. The topological polar surface area (TPSA) is 26.3 Å². The Kier molecular flexibility index (Phi) is 6.53. The summed E-state index contributed by atoms with van der Waals surface area (Å²) in [5.41, 5.74) is 0. The van der Waals surface area contributed by atoms with Crippen LogP contribution in [0, 0.1) is 0 Å². The second kappa shape index (κ2) is 6.95. The summed E-state index contributed by atoms with van der Waals surface area (Å²) in [7, 11) is 1.31. The molecule has 0 aliphatic heterocycles. The highest BCUT2D eigenvalue weighted by molar-refractivity contribution is 6.41. The molecule has 1 aromatic rings. The van der Waals surface area contributed by atoms with Gasteiger partial charge in [-0.05, 0) is 12.1 Å². The third kappa shape index (κ3) is 4.99. The van der Waals surface area contributed by atoms with E-state index in [2.05, 4.69) is 4.74 Å². The van der Waals surface area contributed by atoms with E-state index in [9.17, 15) is 0 Å². The molecule has 4 heteroatoms. The van der Waals surface area contributed by atoms with Crippen LogP contribution < -0.4 is 0 Å². The number of rotatable bonds is 1. The molecule has 66 valence electrons. The van der Waals surface area contributed by atoms with Crippen LogP contribution in [0.5, 0.6) is 0 Å². The van der Waals surface area contributed by atoms with Gasteiger partial charge in [0.05, 0.1) is 17.2 Å². The zero-order valence-corrected chi connectivity index (χ0v) is 7.97. The smallest absolute Gasteiger partial charge is 0.292 e. The molecule has 0 aliphatic carbocycles. The zero-order valence-electron chi connectivity index (χ0n) is 6.46. The Labute approximate surface area is 81.0 Å². The van der Waals surface area contributed by atoms with Crippen LogP contribution >= 0.6 is 23.2 Å². The number of carbonyl (C=O) groups is 1. The summed E-state index contributed by atoms with van der Waals surface area (Å²) >= 11 is 11.2. The largest absolute Gasteiger partial charge is 0.471 e. The van der Waals surface area contributed by atoms with Crippen molar-refractivity contribution in [3.63, 3.8) is 0 Å². The first-order valence-corrected chi connectivity index (χ1v) is 3.84. The number of ether oxygens (including phenoxy) is 1. The fourth-order valence-corrected chi connectivity index (χ4v) is 0.711. The molecule has 0 bridgehead atoms. The van der Waals surface area contributed by atoms with Crippen molar-refractivity contribution in [2.45, 2.75) is 0 Å². The Balaban J connectivity index is 0.000000261. The number of carbonyl (C=O) groups excluding carboxylic acids is 1. The second-order valence-corrected chi connectivity index (χ2v) is 2.56. The van der Waals surface area contributed by atoms with Crippen LogP contribution in [0.25, 0.3) is 0 Å². The highest BCUT2D eigenvalue weighted by Gasteiger charge is 1.89. The molecule has 0 saturated heterocycles. The third-order valence-corrected chi connectivity index (χ3v) is 1.68. The predicted molar refractivity (Wildman–Crippen MR) is 49.5 cm³/mol. The second-order valence-electron chi connectivity index (χ2n) is 1.75. The molecule has 12 heavy (non-hydrogen) atoms. The minimum atomic E-state index is 0.375. The average molecular weight is 207 g/mol. The van der Waals surface area contributed by atoms with Crippen molar-refractivity contribution in [3.8, 4) is 0 Å². The zero-order chi connectivity index (χ0) is 9.40. The van der Waals surface area contributed by atoms with E-state index in [0.717, 1.165) is 0 Å². The molecule has 0 aliphatic rings. The Morgan fingerprint density at radius 2 is 1.58 bits per heavy atom. The predicted octanol–water partition coefficient (Wildman–Crippen LogP) is 2.78. The maximum Gasteiger partial charge on any atom is 0.292 e. The maximum atomic E-state index is 8.95. The molecule has 1 aromatic carbocycles. The molecular formula is C8H8Cl2O2. The van der Waals surface area contributed by atoms with E-state index < -0.39 is 0 Å². The number of benzene rings is 1. The van der Waals surface area contributed by atoms with Gasteiger partial charge in [0.1, 0.15) is 0 Å². The first-order valence-electron chi connectivity index (χ1n) is 3.08. The van der Waals surface area contributed by atoms with Crippen LogP contribution in [0.1, 0.15) is 0 Å². The molecule has 0 fully saturated rings. The Hall–Kier alpha value is -0.730. The molecule has 1 rings (SSSR count). The van der Waals surface area contributed by atoms with Gasteiger partial charge in [-0.3, -0.25) is 4.79 Å². The van der Waals surface area contributed by atoms with Gasteiger partial charge in [-0.2, -0.15) is 0 Å². The van der Waals surface area contributed by atoms with Gasteiger partial charge in [0.2, 0.25) is 0 Å². The fraction of sp³-hybridized carbons (Fsp3) is 0.125. The molecule has 2 nitrogen and oxygen atoms in total.